The van der Waals surface area contributed by atoms with Gasteiger partial charge in [-0.3, -0.25) is 5.01 Å². The van der Waals surface area contributed by atoms with Gasteiger partial charge in [-0.15, -0.1) is 0 Å². The molecule has 0 radical (unpaired) electrons. The summed E-state index contributed by atoms with van der Waals surface area (Å²) in [4.78, 5) is 0. The van der Waals surface area contributed by atoms with Crippen LogP contribution in [0.4, 0.5) is 13.2 Å². The summed E-state index contributed by atoms with van der Waals surface area (Å²) in [5, 5.41) is 10.3. The molecule has 98 valence electrons. The zero-order valence-corrected chi connectivity index (χ0v) is 9.58. The number of hydrazine groups is 1. The van der Waals surface area contributed by atoms with Crippen LogP contribution in [0.1, 0.15) is 13.8 Å². The Kier molecular flexibility index (Phi) is 3.92. The summed E-state index contributed by atoms with van der Waals surface area (Å²) >= 11 is 0. The molecule has 1 aliphatic rings. The maximum Gasteiger partial charge on any atom is 0.407 e. The number of allylic oxidation sites excluding steroid dienone is 1. The molecule has 7 heteroatoms. The molecule has 0 fully saturated rings. The first-order chi connectivity index (χ1) is 7.66. The molecule has 0 aliphatic carbocycles. The summed E-state index contributed by atoms with van der Waals surface area (Å²) in [7, 11) is 0. The lowest BCUT2D eigenvalue weighted by molar-refractivity contribution is -0.144. The monoisotopic (exact) mass is 252 g/mol. The standard InChI is InChI=1S/C10H15F3N2O2/c1-9(2,16)7-17-8-3-4-14-15(5-8)6-10(11,12)13/h3-5,14,16H,6-7H2,1-2H3. The highest BCUT2D eigenvalue weighted by atomic mass is 19.4. The Morgan fingerprint density at radius 3 is 2.59 bits per heavy atom. The van der Waals surface area contributed by atoms with Crippen molar-refractivity contribution in [2.24, 2.45) is 0 Å². The highest BCUT2D eigenvalue weighted by Crippen LogP contribution is 2.18. The fourth-order valence-corrected chi connectivity index (χ4v) is 1.08. The molecule has 1 rings (SSSR count). The second-order valence-corrected chi connectivity index (χ2v) is 4.34. The SMILES string of the molecule is CC(C)(O)COC1=CN(CC(F)(F)F)NC=C1. The van der Waals surface area contributed by atoms with Crippen molar-refractivity contribution in [3.63, 3.8) is 0 Å². The molecule has 0 aromatic heterocycles. The average Bonchev–Trinajstić information content (AvgIpc) is 2.11. The lowest BCUT2D eigenvalue weighted by atomic mass is 10.2. The number of alkyl halides is 3. The average molecular weight is 252 g/mol. The lowest BCUT2D eigenvalue weighted by Crippen LogP contribution is -2.39. The van der Waals surface area contributed by atoms with Crippen LogP contribution in [-0.2, 0) is 4.74 Å². The summed E-state index contributed by atoms with van der Waals surface area (Å²) in [6.45, 7) is 1.98. The maximum atomic E-state index is 12.1. The van der Waals surface area contributed by atoms with Gasteiger partial charge in [-0.1, -0.05) is 0 Å². The molecular formula is C10H15F3N2O2. The summed E-state index contributed by atoms with van der Waals surface area (Å²) in [5.41, 5.74) is 1.38. The van der Waals surface area contributed by atoms with Crippen LogP contribution in [0.3, 0.4) is 0 Å². The smallest absolute Gasteiger partial charge is 0.407 e. The van der Waals surface area contributed by atoms with Gasteiger partial charge in [0.25, 0.3) is 0 Å². The Labute approximate surface area is 97.3 Å². The normalized spacial score (nSPS) is 16.6. The third-order valence-electron chi connectivity index (χ3n) is 1.71. The van der Waals surface area contributed by atoms with Crippen LogP contribution in [0.15, 0.2) is 24.2 Å². The van der Waals surface area contributed by atoms with Crippen molar-refractivity contribution < 1.29 is 23.0 Å². The van der Waals surface area contributed by atoms with Gasteiger partial charge < -0.3 is 15.3 Å². The second kappa shape index (κ2) is 4.87. The molecule has 0 aromatic rings. The van der Waals surface area contributed by atoms with E-state index in [4.69, 9.17) is 4.74 Å². The van der Waals surface area contributed by atoms with E-state index in [1.54, 1.807) is 13.8 Å². The quantitative estimate of drug-likeness (QED) is 0.796. The fraction of sp³-hybridized carbons (Fsp3) is 0.600. The molecular weight excluding hydrogens is 237 g/mol. The molecule has 0 saturated carbocycles. The number of hydrogen-bond acceptors (Lipinski definition) is 4. The molecule has 0 unspecified atom stereocenters. The van der Waals surface area contributed by atoms with Crippen molar-refractivity contribution in [2.45, 2.75) is 25.6 Å². The number of halogens is 3. The number of hydrogen-bond donors (Lipinski definition) is 2. The topological polar surface area (TPSA) is 44.7 Å². The minimum atomic E-state index is -4.30. The Hall–Kier alpha value is -1.37. The van der Waals surface area contributed by atoms with E-state index in [2.05, 4.69) is 5.43 Å². The third-order valence-corrected chi connectivity index (χ3v) is 1.71. The molecule has 2 N–H and O–H groups in total. The number of aliphatic hydroxyl groups is 1. The first kappa shape index (κ1) is 13.7. The Morgan fingerprint density at radius 2 is 2.06 bits per heavy atom. The van der Waals surface area contributed by atoms with Gasteiger partial charge in [-0.25, -0.2) is 0 Å². The summed E-state index contributed by atoms with van der Waals surface area (Å²) in [5.74, 6) is 0.259. The molecule has 0 bridgehead atoms. The fourth-order valence-electron chi connectivity index (χ4n) is 1.08. The van der Waals surface area contributed by atoms with Gasteiger partial charge in [-0.05, 0) is 19.9 Å². The van der Waals surface area contributed by atoms with Gasteiger partial charge >= 0.3 is 6.18 Å². The van der Waals surface area contributed by atoms with Crippen LogP contribution in [0.25, 0.3) is 0 Å². The van der Waals surface area contributed by atoms with Gasteiger partial charge in [0, 0.05) is 6.20 Å². The molecule has 4 nitrogen and oxygen atoms in total. The summed E-state index contributed by atoms with van der Waals surface area (Å²) in [6, 6.07) is 0. The summed E-state index contributed by atoms with van der Waals surface area (Å²) in [6.07, 6.45) is -0.278. The van der Waals surface area contributed by atoms with Gasteiger partial charge in [0.2, 0.25) is 0 Å². The maximum absolute atomic E-state index is 12.1. The van der Waals surface area contributed by atoms with Gasteiger partial charge in [0.05, 0.1) is 11.8 Å². The van der Waals surface area contributed by atoms with E-state index in [-0.39, 0.29) is 12.4 Å². The van der Waals surface area contributed by atoms with E-state index < -0.39 is 18.3 Å². The van der Waals surface area contributed by atoms with Crippen LogP contribution in [-0.4, -0.2) is 35.0 Å². The van der Waals surface area contributed by atoms with Crippen molar-refractivity contribution in [1.29, 1.82) is 0 Å². The molecule has 0 amide bonds. The number of ether oxygens (including phenoxy) is 1. The highest BCUT2D eigenvalue weighted by Gasteiger charge is 2.30. The van der Waals surface area contributed by atoms with Crippen LogP contribution < -0.4 is 5.43 Å². The molecule has 17 heavy (non-hydrogen) atoms. The van der Waals surface area contributed by atoms with Gasteiger partial charge in [-0.2, -0.15) is 13.2 Å². The molecule has 1 aliphatic heterocycles. The minimum absolute atomic E-state index is 0.00301. The Morgan fingerprint density at radius 1 is 1.41 bits per heavy atom. The third kappa shape index (κ3) is 6.06. The molecule has 0 aromatic carbocycles. The first-order valence-corrected chi connectivity index (χ1v) is 4.99. The van der Waals surface area contributed by atoms with E-state index in [0.717, 1.165) is 5.01 Å². The minimum Gasteiger partial charge on any atom is -0.489 e. The van der Waals surface area contributed by atoms with E-state index in [1.807, 2.05) is 0 Å². The van der Waals surface area contributed by atoms with Crippen LogP contribution >= 0.6 is 0 Å². The Bertz CT molecular complexity index is 318. The van der Waals surface area contributed by atoms with Crippen molar-refractivity contribution in [3.8, 4) is 0 Å². The van der Waals surface area contributed by atoms with Crippen LogP contribution in [0, 0.1) is 0 Å². The molecule has 0 atom stereocenters. The van der Waals surface area contributed by atoms with Crippen molar-refractivity contribution in [1.82, 2.24) is 10.4 Å². The first-order valence-electron chi connectivity index (χ1n) is 4.99. The predicted octanol–water partition coefficient (Wildman–Crippen LogP) is 1.51. The molecule has 0 spiro atoms. The lowest BCUT2D eigenvalue weighted by Gasteiger charge is -2.26. The van der Waals surface area contributed by atoms with Crippen molar-refractivity contribution in [3.05, 3.63) is 24.2 Å². The summed E-state index contributed by atoms with van der Waals surface area (Å²) < 4.78 is 41.5. The van der Waals surface area contributed by atoms with Crippen molar-refractivity contribution in [2.75, 3.05) is 13.2 Å². The second-order valence-electron chi connectivity index (χ2n) is 4.34. The number of nitrogens with zero attached hydrogens (tertiary/aromatic N) is 1. The largest absolute Gasteiger partial charge is 0.489 e. The zero-order chi connectivity index (χ0) is 13.1. The van der Waals surface area contributed by atoms with Gasteiger partial charge in [0.1, 0.15) is 18.9 Å². The molecule has 0 saturated heterocycles. The zero-order valence-electron chi connectivity index (χ0n) is 9.58. The van der Waals surface area contributed by atoms with Crippen LogP contribution in [0.5, 0.6) is 0 Å². The Balaban J connectivity index is 2.52. The van der Waals surface area contributed by atoms with E-state index >= 15 is 0 Å². The van der Waals surface area contributed by atoms with E-state index in [1.165, 1.54) is 18.5 Å². The highest BCUT2D eigenvalue weighted by molar-refractivity contribution is 5.14. The molecule has 1 heterocycles. The number of rotatable bonds is 4. The van der Waals surface area contributed by atoms with E-state index in [0.29, 0.717) is 0 Å². The van der Waals surface area contributed by atoms with E-state index in [9.17, 15) is 18.3 Å². The van der Waals surface area contributed by atoms with Gasteiger partial charge in [0.15, 0.2) is 0 Å². The van der Waals surface area contributed by atoms with Crippen molar-refractivity contribution >= 4 is 0 Å². The number of nitrogens with one attached hydrogen (secondary N) is 1. The predicted molar refractivity (Wildman–Crippen MR) is 55.4 cm³/mol. The van der Waals surface area contributed by atoms with Crippen LogP contribution in [0.2, 0.25) is 0 Å².